The molecule has 0 radical (unpaired) electrons. The first-order chi connectivity index (χ1) is 6.06. The van der Waals surface area contributed by atoms with E-state index in [-0.39, 0.29) is 10.6 Å². The quantitative estimate of drug-likeness (QED) is 0.722. The molecule has 1 rings (SSSR count). The maximum Gasteiger partial charge on any atom is 0.166 e. The van der Waals surface area contributed by atoms with Crippen LogP contribution in [-0.2, 0) is 0 Å². The molecule has 4 heteroatoms. The van der Waals surface area contributed by atoms with Crippen molar-refractivity contribution in [2.75, 3.05) is 0 Å². The average molecular weight is 202 g/mol. The van der Waals surface area contributed by atoms with Crippen molar-refractivity contribution in [3.05, 3.63) is 41.2 Å². The predicted octanol–water partition coefficient (Wildman–Crippen LogP) is 2.37. The predicted molar refractivity (Wildman–Crippen MR) is 50.2 cm³/mol. The molecule has 0 fully saturated rings. The summed E-state index contributed by atoms with van der Waals surface area (Å²) in [4.78, 5) is 0. The van der Waals surface area contributed by atoms with Gasteiger partial charge in [-0.3, -0.25) is 0 Å². The molecule has 1 aromatic carbocycles. The molecule has 0 aromatic heterocycles. The lowest BCUT2D eigenvalue weighted by Crippen LogP contribution is -2.07. The number of benzene rings is 1. The second-order valence-corrected chi connectivity index (χ2v) is 3.02. The molecular weight excluding hydrogens is 193 g/mol. The van der Waals surface area contributed by atoms with E-state index in [4.69, 9.17) is 17.3 Å². The van der Waals surface area contributed by atoms with E-state index in [0.29, 0.717) is 0 Å². The topological polar surface area (TPSA) is 46.2 Å². The number of rotatable bonds is 2. The van der Waals surface area contributed by atoms with Crippen LogP contribution < -0.4 is 5.73 Å². The number of halogens is 2. The van der Waals surface area contributed by atoms with Crippen molar-refractivity contribution < 1.29 is 9.50 Å². The molecule has 0 aliphatic heterocycles. The van der Waals surface area contributed by atoms with Crippen molar-refractivity contribution in [2.24, 2.45) is 5.73 Å². The van der Waals surface area contributed by atoms with Crippen molar-refractivity contribution in [1.82, 2.24) is 0 Å². The molecule has 0 unspecified atom stereocenters. The van der Waals surface area contributed by atoms with Crippen LogP contribution in [0.3, 0.4) is 0 Å². The Morgan fingerprint density at radius 2 is 2.23 bits per heavy atom. The summed E-state index contributed by atoms with van der Waals surface area (Å²) < 4.78 is 12.9. The summed E-state index contributed by atoms with van der Waals surface area (Å²) in [6, 6.07) is 1.82. The van der Waals surface area contributed by atoms with Gasteiger partial charge in [0.15, 0.2) is 11.6 Å². The zero-order valence-electron chi connectivity index (χ0n) is 6.80. The number of nitrogens with two attached hydrogens (primary N) is 1. The zero-order chi connectivity index (χ0) is 10.0. The van der Waals surface area contributed by atoms with Crippen LogP contribution in [0, 0.1) is 5.82 Å². The van der Waals surface area contributed by atoms with Crippen LogP contribution in [0.4, 0.5) is 4.39 Å². The molecule has 70 valence electrons. The van der Waals surface area contributed by atoms with Crippen molar-refractivity contribution in [2.45, 2.75) is 6.04 Å². The van der Waals surface area contributed by atoms with Crippen molar-refractivity contribution in [3.63, 3.8) is 0 Å². The van der Waals surface area contributed by atoms with Crippen LogP contribution in [0.25, 0.3) is 0 Å². The molecule has 0 spiro atoms. The van der Waals surface area contributed by atoms with Crippen molar-refractivity contribution in [1.29, 1.82) is 0 Å². The molecule has 2 nitrogen and oxygen atoms in total. The van der Waals surface area contributed by atoms with Crippen LogP contribution in [0.15, 0.2) is 24.8 Å². The van der Waals surface area contributed by atoms with Gasteiger partial charge in [0, 0.05) is 10.6 Å². The van der Waals surface area contributed by atoms with Gasteiger partial charge in [0.2, 0.25) is 0 Å². The maximum absolute atomic E-state index is 12.9. The summed E-state index contributed by atoms with van der Waals surface area (Å²) in [5.41, 5.74) is 5.77. The number of phenolic OH excluding ortho intramolecular Hbond substituents is 1. The fourth-order valence-electron chi connectivity index (χ4n) is 0.967. The first-order valence-electron chi connectivity index (χ1n) is 3.62. The standard InChI is InChI=1S/C9H9ClFNO/c1-2-8(12)6-3-5(10)4-7(11)9(6)13/h2-4,8,13H,1,12H2/t8-/m1/s1. The molecule has 0 aliphatic rings. The molecule has 0 saturated carbocycles. The van der Waals surface area contributed by atoms with Gasteiger partial charge in [0.05, 0.1) is 6.04 Å². The van der Waals surface area contributed by atoms with Gasteiger partial charge in [-0.2, -0.15) is 0 Å². The summed E-state index contributed by atoms with van der Waals surface area (Å²) >= 11 is 5.58. The van der Waals surface area contributed by atoms with Gasteiger partial charge in [-0.25, -0.2) is 4.39 Å². The van der Waals surface area contributed by atoms with Crippen molar-refractivity contribution >= 4 is 11.6 Å². The SMILES string of the molecule is C=C[C@@H](N)c1cc(Cl)cc(F)c1O. The van der Waals surface area contributed by atoms with E-state index in [9.17, 15) is 9.50 Å². The van der Waals surface area contributed by atoms with E-state index in [0.717, 1.165) is 6.07 Å². The van der Waals surface area contributed by atoms with Gasteiger partial charge < -0.3 is 10.8 Å². The first-order valence-corrected chi connectivity index (χ1v) is 4.00. The Hall–Kier alpha value is -1.06. The fraction of sp³-hybridized carbons (Fsp3) is 0.111. The molecule has 0 amide bonds. The van der Waals surface area contributed by atoms with Gasteiger partial charge in [-0.15, -0.1) is 6.58 Å². The Kier molecular flexibility index (Phi) is 2.90. The molecular formula is C9H9ClFNO. The van der Waals surface area contributed by atoms with Crippen LogP contribution in [0.1, 0.15) is 11.6 Å². The van der Waals surface area contributed by atoms with Gasteiger partial charge in [-0.05, 0) is 12.1 Å². The number of aromatic hydroxyl groups is 1. The highest BCUT2D eigenvalue weighted by atomic mass is 35.5. The largest absolute Gasteiger partial charge is 0.505 e. The fourth-order valence-corrected chi connectivity index (χ4v) is 1.18. The van der Waals surface area contributed by atoms with E-state index in [1.165, 1.54) is 12.1 Å². The van der Waals surface area contributed by atoms with Crippen LogP contribution >= 0.6 is 11.6 Å². The first kappa shape index (κ1) is 10.0. The lowest BCUT2D eigenvalue weighted by Gasteiger charge is -2.09. The minimum atomic E-state index is -0.778. The second-order valence-electron chi connectivity index (χ2n) is 2.59. The van der Waals surface area contributed by atoms with Gasteiger partial charge in [0.25, 0.3) is 0 Å². The third-order valence-corrected chi connectivity index (χ3v) is 1.89. The van der Waals surface area contributed by atoms with Crippen LogP contribution in [0.5, 0.6) is 5.75 Å². The van der Waals surface area contributed by atoms with Gasteiger partial charge >= 0.3 is 0 Å². The molecule has 0 heterocycles. The normalized spacial score (nSPS) is 12.5. The average Bonchev–Trinajstić information content (AvgIpc) is 2.10. The Bertz CT molecular complexity index is 341. The van der Waals surface area contributed by atoms with E-state index in [1.54, 1.807) is 0 Å². The Morgan fingerprint density at radius 1 is 1.62 bits per heavy atom. The monoisotopic (exact) mass is 201 g/mol. The summed E-state index contributed by atoms with van der Waals surface area (Å²) in [7, 11) is 0. The zero-order valence-corrected chi connectivity index (χ0v) is 7.55. The van der Waals surface area contributed by atoms with E-state index in [2.05, 4.69) is 6.58 Å². The van der Waals surface area contributed by atoms with Crippen LogP contribution in [-0.4, -0.2) is 5.11 Å². The summed E-state index contributed by atoms with van der Waals surface area (Å²) in [6.45, 7) is 3.44. The van der Waals surface area contributed by atoms with Crippen LogP contribution in [0.2, 0.25) is 5.02 Å². The summed E-state index contributed by atoms with van der Waals surface area (Å²) in [5, 5.41) is 9.46. The Balaban J connectivity index is 3.27. The van der Waals surface area contributed by atoms with E-state index in [1.807, 2.05) is 0 Å². The second kappa shape index (κ2) is 3.77. The summed E-state index contributed by atoms with van der Waals surface area (Å²) in [5.74, 6) is -1.25. The molecule has 13 heavy (non-hydrogen) atoms. The smallest absolute Gasteiger partial charge is 0.166 e. The third kappa shape index (κ3) is 1.99. The molecule has 1 atom stereocenters. The minimum absolute atomic E-state index is 0.197. The Morgan fingerprint density at radius 3 is 2.77 bits per heavy atom. The summed E-state index contributed by atoms with van der Waals surface area (Å²) in [6.07, 6.45) is 1.39. The highest BCUT2D eigenvalue weighted by Crippen LogP contribution is 2.29. The highest BCUT2D eigenvalue weighted by Gasteiger charge is 2.12. The van der Waals surface area contributed by atoms with Crippen molar-refractivity contribution in [3.8, 4) is 5.75 Å². The van der Waals surface area contributed by atoms with E-state index < -0.39 is 17.6 Å². The molecule has 0 saturated heterocycles. The van der Waals surface area contributed by atoms with Gasteiger partial charge in [0.1, 0.15) is 0 Å². The lowest BCUT2D eigenvalue weighted by molar-refractivity contribution is 0.424. The number of hydrogen-bond acceptors (Lipinski definition) is 2. The number of phenols is 1. The number of hydrogen-bond donors (Lipinski definition) is 2. The highest BCUT2D eigenvalue weighted by molar-refractivity contribution is 6.30. The molecule has 0 aliphatic carbocycles. The third-order valence-electron chi connectivity index (χ3n) is 1.67. The molecule has 0 bridgehead atoms. The minimum Gasteiger partial charge on any atom is -0.505 e. The lowest BCUT2D eigenvalue weighted by atomic mass is 10.1. The molecule has 3 N–H and O–H groups in total. The Labute approximate surface area is 80.4 Å². The van der Waals surface area contributed by atoms with E-state index >= 15 is 0 Å². The van der Waals surface area contributed by atoms with Gasteiger partial charge in [-0.1, -0.05) is 17.7 Å². The maximum atomic E-state index is 12.9. The molecule has 1 aromatic rings.